The summed E-state index contributed by atoms with van der Waals surface area (Å²) in [5.74, 6) is -1.59. The number of alkyl carbamates (subject to hydrolysis) is 1. The maximum atomic E-state index is 12.6. The van der Waals surface area contributed by atoms with E-state index in [9.17, 15) is 19.5 Å². The van der Waals surface area contributed by atoms with Gasteiger partial charge in [-0.1, -0.05) is 61.4 Å². The first-order chi connectivity index (χ1) is 16.4. The molecule has 4 N–H and O–H groups in total. The Morgan fingerprint density at radius 1 is 0.971 bits per heavy atom. The van der Waals surface area contributed by atoms with E-state index in [0.717, 1.165) is 35.1 Å². The van der Waals surface area contributed by atoms with Crippen LogP contribution in [-0.4, -0.2) is 54.0 Å². The molecule has 2 aromatic carbocycles. The topological polar surface area (TPSA) is 125 Å². The molecule has 0 spiro atoms. The second-order valence-electron chi connectivity index (χ2n) is 9.02. The normalized spacial score (nSPS) is 16.1. The summed E-state index contributed by atoms with van der Waals surface area (Å²) in [6, 6.07) is 16.2. The lowest BCUT2D eigenvalue weighted by atomic mass is 9.98. The number of carbonyl (C=O) groups is 3. The highest BCUT2D eigenvalue weighted by Gasteiger charge is 2.31. The summed E-state index contributed by atoms with van der Waals surface area (Å²) in [4.78, 5) is 35.8. The van der Waals surface area contributed by atoms with Crippen molar-refractivity contribution in [2.45, 2.75) is 37.7 Å². The smallest absolute Gasteiger partial charge is 0.407 e. The van der Waals surface area contributed by atoms with Gasteiger partial charge in [-0.25, -0.2) is 9.59 Å². The van der Waals surface area contributed by atoms with Gasteiger partial charge in [0.05, 0.1) is 5.92 Å². The number of carbonyl (C=O) groups excluding carboxylic acids is 2. The number of rotatable bonds is 11. The Hall–Kier alpha value is -3.39. The molecular formula is C26H30N2O6. The van der Waals surface area contributed by atoms with E-state index in [1.807, 2.05) is 24.3 Å². The van der Waals surface area contributed by atoms with Crippen molar-refractivity contribution in [2.75, 3.05) is 19.7 Å². The van der Waals surface area contributed by atoms with Crippen molar-refractivity contribution in [3.63, 3.8) is 0 Å². The summed E-state index contributed by atoms with van der Waals surface area (Å²) in [6.45, 7) is 0.394. The average molecular weight is 467 g/mol. The van der Waals surface area contributed by atoms with Crippen molar-refractivity contribution < 1.29 is 29.3 Å². The van der Waals surface area contributed by atoms with E-state index < -0.39 is 24.1 Å². The molecule has 8 heteroatoms. The molecular weight excluding hydrogens is 436 g/mol. The minimum atomic E-state index is -1.51. The highest BCUT2D eigenvalue weighted by Crippen LogP contribution is 2.44. The number of ether oxygens (including phenoxy) is 1. The van der Waals surface area contributed by atoms with Gasteiger partial charge in [-0.2, -0.15) is 0 Å². The molecule has 2 aliphatic rings. The maximum absolute atomic E-state index is 12.6. The fraction of sp³-hybridized carbons (Fsp3) is 0.423. The number of fused-ring (bicyclic) bond motifs is 3. The van der Waals surface area contributed by atoms with Gasteiger partial charge in [0.2, 0.25) is 5.91 Å². The number of carboxylic acids is 1. The Morgan fingerprint density at radius 2 is 1.59 bits per heavy atom. The van der Waals surface area contributed by atoms with Crippen LogP contribution in [0.2, 0.25) is 0 Å². The van der Waals surface area contributed by atoms with E-state index in [2.05, 4.69) is 34.9 Å². The first kappa shape index (κ1) is 23.8. The molecule has 2 amide bonds. The number of aliphatic carboxylic acids is 1. The van der Waals surface area contributed by atoms with Crippen LogP contribution >= 0.6 is 0 Å². The van der Waals surface area contributed by atoms with Gasteiger partial charge < -0.3 is 25.6 Å². The summed E-state index contributed by atoms with van der Waals surface area (Å²) < 4.78 is 5.55. The maximum Gasteiger partial charge on any atom is 0.407 e. The first-order valence-electron chi connectivity index (χ1n) is 11.7. The first-order valence-corrected chi connectivity index (χ1v) is 11.7. The van der Waals surface area contributed by atoms with Gasteiger partial charge in [0.15, 0.2) is 6.10 Å². The van der Waals surface area contributed by atoms with Crippen molar-refractivity contribution in [1.29, 1.82) is 0 Å². The van der Waals surface area contributed by atoms with Gasteiger partial charge in [0, 0.05) is 25.4 Å². The number of nitrogens with one attached hydrogen (secondary N) is 2. The van der Waals surface area contributed by atoms with Gasteiger partial charge in [0.25, 0.3) is 0 Å². The summed E-state index contributed by atoms with van der Waals surface area (Å²) in [5.41, 5.74) is 4.57. The van der Waals surface area contributed by atoms with E-state index >= 15 is 0 Å². The Balaban J connectivity index is 1.29. The molecule has 2 aromatic rings. The van der Waals surface area contributed by atoms with Crippen molar-refractivity contribution in [3.8, 4) is 11.1 Å². The van der Waals surface area contributed by atoms with Crippen LogP contribution in [0.5, 0.6) is 0 Å². The molecule has 0 saturated heterocycles. The summed E-state index contributed by atoms with van der Waals surface area (Å²) >= 11 is 0. The highest BCUT2D eigenvalue weighted by atomic mass is 16.5. The van der Waals surface area contributed by atoms with Crippen LogP contribution in [0.25, 0.3) is 11.1 Å². The number of hydrogen-bond donors (Lipinski definition) is 4. The van der Waals surface area contributed by atoms with E-state index in [1.165, 1.54) is 0 Å². The molecule has 34 heavy (non-hydrogen) atoms. The Morgan fingerprint density at radius 3 is 2.18 bits per heavy atom. The van der Waals surface area contributed by atoms with Crippen molar-refractivity contribution in [3.05, 3.63) is 59.7 Å². The molecule has 8 nitrogen and oxygen atoms in total. The quantitative estimate of drug-likeness (QED) is 0.404. The zero-order valence-corrected chi connectivity index (χ0v) is 18.9. The average Bonchev–Trinajstić information content (AvgIpc) is 3.60. The largest absolute Gasteiger partial charge is 0.479 e. The summed E-state index contributed by atoms with van der Waals surface area (Å²) in [6.07, 6.45) is 0.616. The molecule has 2 atom stereocenters. The molecule has 0 heterocycles. The second kappa shape index (κ2) is 10.7. The lowest BCUT2D eigenvalue weighted by Gasteiger charge is -2.19. The summed E-state index contributed by atoms with van der Waals surface area (Å²) in [7, 11) is 0. The number of hydrogen-bond acceptors (Lipinski definition) is 5. The van der Waals surface area contributed by atoms with Crippen molar-refractivity contribution in [1.82, 2.24) is 10.6 Å². The zero-order valence-electron chi connectivity index (χ0n) is 18.9. The molecule has 2 unspecified atom stereocenters. The Labute approximate surface area is 198 Å². The Bertz CT molecular complexity index is 1010. The molecule has 2 aliphatic carbocycles. The second-order valence-corrected chi connectivity index (χ2v) is 9.02. The van der Waals surface area contributed by atoms with Crippen molar-refractivity contribution in [2.24, 2.45) is 11.8 Å². The van der Waals surface area contributed by atoms with E-state index in [1.54, 1.807) is 0 Å². The molecule has 0 bridgehead atoms. The number of benzene rings is 2. The van der Waals surface area contributed by atoms with Gasteiger partial charge in [-0.15, -0.1) is 0 Å². The third-order valence-corrected chi connectivity index (χ3v) is 6.52. The van der Waals surface area contributed by atoms with E-state index in [4.69, 9.17) is 9.84 Å². The number of aliphatic hydroxyl groups is 1. The fourth-order valence-electron chi connectivity index (χ4n) is 4.49. The van der Waals surface area contributed by atoms with Crippen LogP contribution in [0.1, 0.15) is 42.7 Å². The minimum Gasteiger partial charge on any atom is -0.479 e. The lowest BCUT2D eigenvalue weighted by Crippen LogP contribution is -2.40. The third kappa shape index (κ3) is 5.75. The van der Waals surface area contributed by atoms with Gasteiger partial charge in [-0.05, 0) is 34.6 Å². The molecule has 4 rings (SSSR count). The van der Waals surface area contributed by atoms with Crippen molar-refractivity contribution >= 4 is 18.0 Å². The predicted octanol–water partition coefficient (Wildman–Crippen LogP) is 2.89. The van der Waals surface area contributed by atoms with Crippen LogP contribution in [0.3, 0.4) is 0 Å². The Kier molecular flexibility index (Phi) is 7.47. The van der Waals surface area contributed by atoms with Crippen LogP contribution < -0.4 is 10.6 Å². The minimum absolute atomic E-state index is 0.0376. The molecule has 0 aromatic heterocycles. The van der Waals surface area contributed by atoms with Crippen LogP contribution in [0.15, 0.2) is 48.5 Å². The number of amides is 2. The van der Waals surface area contributed by atoms with Crippen LogP contribution in [0, 0.1) is 11.8 Å². The predicted molar refractivity (Wildman–Crippen MR) is 125 cm³/mol. The number of aliphatic hydroxyl groups excluding tert-OH is 1. The van der Waals surface area contributed by atoms with Gasteiger partial charge >= 0.3 is 12.1 Å². The third-order valence-electron chi connectivity index (χ3n) is 6.52. The molecule has 180 valence electrons. The van der Waals surface area contributed by atoms with E-state index in [0.29, 0.717) is 12.3 Å². The van der Waals surface area contributed by atoms with E-state index in [-0.39, 0.29) is 37.9 Å². The lowest BCUT2D eigenvalue weighted by molar-refractivity contribution is -0.147. The number of carboxylic acid groups (broad SMARTS) is 1. The van der Waals surface area contributed by atoms with Gasteiger partial charge in [-0.3, -0.25) is 4.79 Å². The highest BCUT2D eigenvalue weighted by molar-refractivity contribution is 5.80. The zero-order chi connectivity index (χ0) is 24.1. The molecule has 0 radical (unpaired) electrons. The molecule has 1 fully saturated rings. The monoisotopic (exact) mass is 466 g/mol. The fourth-order valence-corrected chi connectivity index (χ4v) is 4.49. The van der Waals surface area contributed by atoms with Crippen LogP contribution in [0.4, 0.5) is 4.79 Å². The molecule has 1 saturated carbocycles. The van der Waals surface area contributed by atoms with Gasteiger partial charge in [0.1, 0.15) is 6.61 Å². The molecule has 0 aliphatic heterocycles. The van der Waals surface area contributed by atoms with Crippen LogP contribution in [-0.2, 0) is 14.3 Å². The summed E-state index contributed by atoms with van der Waals surface area (Å²) in [5, 5.41) is 23.5. The SMILES string of the molecule is O=C(NCC(CC1CC1)C(=O)NCCC(O)C(=O)O)OCC1c2ccccc2-c2ccccc21. The standard InChI is InChI=1S/C26H30N2O6/c29-23(25(31)32)11-12-27-24(30)17(13-16-9-10-16)14-28-26(33)34-15-22-20-7-3-1-5-18(20)19-6-2-4-8-21(19)22/h1-8,16-17,22-23,29H,9-15H2,(H,27,30)(H,28,33)(H,31,32).